The van der Waals surface area contributed by atoms with E-state index in [-0.39, 0.29) is 0 Å². The maximum absolute atomic E-state index is 5.35. The molecule has 0 aliphatic heterocycles. The Morgan fingerprint density at radius 2 is 1.62 bits per heavy atom. The summed E-state index contributed by atoms with van der Waals surface area (Å²) in [6, 6.07) is 18.3. The van der Waals surface area contributed by atoms with Crippen molar-refractivity contribution in [3.05, 3.63) is 70.6 Å². The fourth-order valence-corrected chi connectivity index (χ4v) is 3.97. The molecule has 4 rings (SSSR count). The molecule has 0 unspecified atom stereocenters. The third kappa shape index (κ3) is 4.12. The van der Waals surface area contributed by atoms with Crippen molar-refractivity contribution in [1.82, 2.24) is 15.2 Å². The predicted octanol–water partition coefficient (Wildman–Crippen LogP) is 5.94. The molecule has 0 aliphatic carbocycles. The zero-order valence-electron chi connectivity index (χ0n) is 16.9. The fourth-order valence-electron chi connectivity index (χ4n) is 3.13. The van der Waals surface area contributed by atoms with Gasteiger partial charge in [-0.1, -0.05) is 29.8 Å². The van der Waals surface area contributed by atoms with Crippen LogP contribution in [-0.4, -0.2) is 22.3 Å². The molecule has 6 heteroatoms. The van der Waals surface area contributed by atoms with Crippen LogP contribution in [0.4, 0.5) is 10.9 Å². The van der Waals surface area contributed by atoms with Crippen LogP contribution in [0.25, 0.3) is 22.5 Å². The number of hydrogen-bond acceptors (Lipinski definition) is 6. The van der Waals surface area contributed by atoms with E-state index in [4.69, 9.17) is 9.72 Å². The van der Waals surface area contributed by atoms with Crippen molar-refractivity contribution in [1.29, 1.82) is 0 Å². The van der Waals surface area contributed by atoms with E-state index in [1.807, 2.05) is 31.2 Å². The van der Waals surface area contributed by atoms with Crippen LogP contribution in [-0.2, 0) is 0 Å². The Balaban J connectivity index is 1.54. The Kier molecular flexibility index (Phi) is 5.27. The number of ether oxygens (including phenoxy) is 1. The van der Waals surface area contributed by atoms with Gasteiger partial charge in [0.05, 0.1) is 18.5 Å². The van der Waals surface area contributed by atoms with Gasteiger partial charge in [-0.3, -0.25) is 0 Å². The third-order valence-corrected chi connectivity index (χ3v) is 5.60. The van der Waals surface area contributed by atoms with E-state index in [1.165, 1.54) is 5.56 Å². The van der Waals surface area contributed by atoms with Crippen LogP contribution < -0.4 is 10.1 Å². The van der Waals surface area contributed by atoms with Crippen LogP contribution in [0.1, 0.15) is 16.0 Å². The molecule has 0 bridgehead atoms. The summed E-state index contributed by atoms with van der Waals surface area (Å²) in [6.45, 7) is 6.18. The lowest BCUT2D eigenvalue weighted by atomic mass is 10.1. The molecule has 2 aromatic carbocycles. The number of thiazole rings is 1. The maximum atomic E-state index is 5.35. The largest absolute Gasteiger partial charge is 0.496 e. The summed E-state index contributed by atoms with van der Waals surface area (Å²) in [6.07, 6.45) is 0. The van der Waals surface area contributed by atoms with Crippen molar-refractivity contribution in [2.75, 3.05) is 12.4 Å². The predicted molar refractivity (Wildman–Crippen MR) is 119 cm³/mol. The molecule has 4 aromatic rings. The minimum Gasteiger partial charge on any atom is -0.496 e. The van der Waals surface area contributed by atoms with Gasteiger partial charge < -0.3 is 10.1 Å². The molecule has 5 nitrogen and oxygen atoms in total. The third-order valence-electron chi connectivity index (χ3n) is 4.71. The van der Waals surface area contributed by atoms with Gasteiger partial charge in [0.2, 0.25) is 0 Å². The van der Waals surface area contributed by atoms with E-state index < -0.39 is 0 Å². The summed E-state index contributed by atoms with van der Waals surface area (Å²) in [5.74, 6) is 1.55. The first-order valence-corrected chi connectivity index (χ1v) is 10.2. The molecule has 2 aromatic heterocycles. The molecule has 0 spiro atoms. The standard InChI is InChI=1S/C23H22N4OS/c1-14-5-7-17(8-6-14)19-10-12-21(27-26-19)24-23-25-22(16(3)29-23)18-9-11-20(28-4)15(2)13-18/h5-13H,1-4H3,(H,24,25,27). The molecule has 0 amide bonds. The van der Waals surface area contributed by atoms with Crippen molar-refractivity contribution in [3.63, 3.8) is 0 Å². The summed E-state index contributed by atoms with van der Waals surface area (Å²) in [5, 5.41) is 12.7. The zero-order valence-corrected chi connectivity index (χ0v) is 17.7. The number of nitrogens with zero attached hydrogens (tertiary/aromatic N) is 3. The van der Waals surface area contributed by atoms with Crippen molar-refractivity contribution in [3.8, 4) is 28.3 Å². The molecular formula is C23H22N4OS. The van der Waals surface area contributed by atoms with Gasteiger partial charge in [0.1, 0.15) is 5.75 Å². The first kappa shape index (κ1) is 19.1. The smallest absolute Gasteiger partial charge is 0.189 e. The van der Waals surface area contributed by atoms with Crippen molar-refractivity contribution in [2.45, 2.75) is 20.8 Å². The number of benzene rings is 2. The van der Waals surface area contributed by atoms with E-state index in [0.717, 1.165) is 43.8 Å². The number of aromatic nitrogens is 3. The minimum absolute atomic E-state index is 0.673. The number of anilines is 2. The number of hydrogen-bond donors (Lipinski definition) is 1. The quantitative estimate of drug-likeness (QED) is 0.447. The molecule has 29 heavy (non-hydrogen) atoms. The summed E-state index contributed by atoms with van der Waals surface area (Å²) >= 11 is 1.60. The molecule has 2 heterocycles. The van der Waals surface area contributed by atoms with Gasteiger partial charge in [0, 0.05) is 16.0 Å². The fraction of sp³-hybridized carbons (Fsp3) is 0.174. The Labute approximate surface area is 174 Å². The second-order valence-electron chi connectivity index (χ2n) is 6.90. The number of aryl methyl sites for hydroxylation is 3. The monoisotopic (exact) mass is 402 g/mol. The molecule has 1 N–H and O–H groups in total. The lowest BCUT2D eigenvalue weighted by Crippen LogP contribution is -1.96. The SMILES string of the molecule is COc1ccc(-c2nc(Nc3ccc(-c4ccc(C)cc4)nn3)sc2C)cc1C. The highest BCUT2D eigenvalue weighted by Gasteiger charge is 2.12. The molecule has 0 radical (unpaired) electrons. The molecular weight excluding hydrogens is 380 g/mol. The number of rotatable bonds is 5. The van der Waals surface area contributed by atoms with Crippen LogP contribution >= 0.6 is 11.3 Å². The van der Waals surface area contributed by atoms with Crippen LogP contribution in [0, 0.1) is 20.8 Å². The highest BCUT2D eigenvalue weighted by Crippen LogP contribution is 2.33. The molecule has 0 aliphatic rings. The van der Waals surface area contributed by atoms with Crippen LogP contribution in [0.15, 0.2) is 54.6 Å². The Morgan fingerprint density at radius 1 is 0.862 bits per heavy atom. The van der Waals surface area contributed by atoms with Crippen molar-refractivity contribution < 1.29 is 4.74 Å². The lowest BCUT2D eigenvalue weighted by Gasteiger charge is -2.06. The number of nitrogens with one attached hydrogen (secondary N) is 1. The molecule has 0 saturated carbocycles. The Morgan fingerprint density at radius 3 is 2.28 bits per heavy atom. The van der Waals surface area contributed by atoms with Gasteiger partial charge in [0.25, 0.3) is 0 Å². The average Bonchev–Trinajstić information content (AvgIpc) is 3.09. The second kappa shape index (κ2) is 8.01. The van der Waals surface area contributed by atoms with E-state index in [2.05, 4.69) is 59.7 Å². The molecule has 0 fully saturated rings. The summed E-state index contributed by atoms with van der Waals surface area (Å²) in [7, 11) is 1.68. The van der Waals surface area contributed by atoms with Crippen LogP contribution in [0.2, 0.25) is 0 Å². The first-order chi connectivity index (χ1) is 14.0. The molecule has 146 valence electrons. The highest BCUT2D eigenvalue weighted by molar-refractivity contribution is 7.16. The van der Waals surface area contributed by atoms with Crippen molar-refractivity contribution >= 4 is 22.3 Å². The molecule has 0 saturated heterocycles. The number of methoxy groups -OCH3 is 1. The van der Waals surface area contributed by atoms with Gasteiger partial charge in [-0.25, -0.2) is 4.98 Å². The van der Waals surface area contributed by atoms with E-state index in [9.17, 15) is 0 Å². The lowest BCUT2D eigenvalue weighted by molar-refractivity contribution is 0.412. The van der Waals surface area contributed by atoms with Crippen LogP contribution in [0.5, 0.6) is 5.75 Å². The van der Waals surface area contributed by atoms with E-state index >= 15 is 0 Å². The van der Waals surface area contributed by atoms with Gasteiger partial charge in [-0.15, -0.1) is 21.5 Å². The van der Waals surface area contributed by atoms with E-state index in [1.54, 1.807) is 18.4 Å². The first-order valence-electron chi connectivity index (χ1n) is 9.34. The summed E-state index contributed by atoms with van der Waals surface area (Å²) < 4.78 is 5.35. The molecule has 0 atom stereocenters. The minimum atomic E-state index is 0.673. The summed E-state index contributed by atoms with van der Waals surface area (Å²) in [5.41, 5.74) is 6.25. The van der Waals surface area contributed by atoms with E-state index in [0.29, 0.717) is 5.82 Å². The Hall–Kier alpha value is -3.25. The second-order valence-corrected chi connectivity index (χ2v) is 8.11. The average molecular weight is 403 g/mol. The van der Waals surface area contributed by atoms with Gasteiger partial charge in [-0.2, -0.15) is 0 Å². The topological polar surface area (TPSA) is 59.9 Å². The van der Waals surface area contributed by atoms with Crippen LogP contribution in [0.3, 0.4) is 0 Å². The van der Waals surface area contributed by atoms with Gasteiger partial charge in [-0.05, 0) is 56.7 Å². The van der Waals surface area contributed by atoms with Crippen molar-refractivity contribution in [2.24, 2.45) is 0 Å². The van der Waals surface area contributed by atoms with Gasteiger partial charge >= 0.3 is 0 Å². The highest BCUT2D eigenvalue weighted by atomic mass is 32.1. The Bertz CT molecular complexity index is 1130. The zero-order chi connectivity index (χ0) is 20.4. The normalized spacial score (nSPS) is 10.8. The van der Waals surface area contributed by atoms with Gasteiger partial charge in [0.15, 0.2) is 10.9 Å². The maximum Gasteiger partial charge on any atom is 0.189 e. The summed E-state index contributed by atoms with van der Waals surface area (Å²) in [4.78, 5) is 5.90.